The van der Waals surface area contributed by atoms with E-state index >= 15 is 0 Å². The molecule has 6 nitrogen and oxygen atoms in total. The molecule has 0 unspecified atom stereocenters. The smallest absolute Gasteiger partial charge is 0.248 e. The third-order valence-corrected chi connectivity index (χ3v) is 4.84. The maximum absolute atomic E-state index is 12.2. The topological polar surface area (TPSA) is 79.4 Å². The van der Waals surface area contributed by atoms with Gasteiger partial charge in [0, 0.05) is 23.9 Å². The van der Waals surface area contributed by atoms with Crippen LogP contribution in [-0.2, 0) is 9.59 Å². The van der Waals surface area contributed by atoms with Crippen molar-refractivity contribution in [3.8, 4) is 0 Å². The summed E-state index contributed by atoms with van der Waals surface area (Å²) in [5, 5.41) is 4.98. The molecule has 7 heteroatoms. The van der Waals surface area contributed by atoms with Gasteiger partial charge in [-0.1, -0.05) is 30.3 Å². The van der Waals surface area contributed by atoms with Crippen LogP contribution in [0.15, 0.2) is 66.1 Å². The van der Waals surface area contributed by atoms with Crippen molar-refractivity contribution in [2.45, 2.75) is 13.8 Å². The van der Waals surface area contributed by atoms with E-state index in [4.69, 9.17) is 0 Å². The fourth-order valence-corrected chi connectivity index (χ4v) is 3.55. The first-order valence-corrected chi connectivity index (χ1v) is 9.74. The Balaban J connectivity index is 1.74. The Morgan fingerprint density at radius 1 is 1.00 bits per heavy atom. The van der Waals surface area contributed by atoms with Gasteiger partial charge >= 0.3 is 0 Å². The molecule has 0 fully saturated rings. The molecule has 29 heavy (non-hydrogen) atoms. The SMILES string of the molecule is CC(=O)c1ccccc1NC(=O)/C=C/c1csc(N(C(C)=O)c2ccccc2)n1. The number of ketones is 1. The molecule has 0 bridgehead atoms. The van der Waals surface area contributed by atoms with E-state index < -0.39 is 0 Å². The number of Topliss-reactive ketones (excluding diaryl/α,β-unsaturated/α-hetero) is 1. The number of amides is 2. The highest BCUT2D eigenvalue weighted by atomic mass is 32.1. The fourth-order valence-electron chi connectivity index (χ4n) is 2.69. The zero-order valence-electron chi connectivity index (χ0n) is 16.0. The molecule has 0 saturated carbocycles. The lowest BCUT2D eigenvalue weighted by Crippen LogP contribution is -2.22. The molecular formula is C22H19N3O3S. The van der Waals surface area contributed by atoms with Gasteiger partial charge in [-0.25, -0.2) is 4.98 Å². The van der Waals surface area contributed by atoms with Crippen LogP contribution in [0.5, 0.6) is 0 Å². The highest BCUT2D eigenvalue weighted by Gasteiger charge is 2.17. The number of aromatic nitrogens is 1. The molecule has 0 atom stereocenters. The lowest BCUT2D eigenvalue weighted by Gasteiger charge is -2.17. The van der Waals surface area contributed by atoms with Gasteiger partial charge in [-0.2, -0.15) is 0 Å². The normalized spacial score (nSPS) is 10.7. The highest BCUT2D eigenvalue weighted by Crippen LogP contribution is 2.29. The number of anilines is 3. The van der Waals surface area contributed by atoms with E-state index in [2.05, 4.69) is 10.3 Å². The number of rotatable bonds is 6. The first-order valence-electron chi connectivity index (χ1n) is 8.86. The molecule has 0 saturated heterocycles. The summed E-state index contributed by atoms with van der Waals surface area (Å²) in [4.78, 5) is 41.9. The second kappa shape index (κ2) is 9.07. The van der Waals surface area contributed by atoms with E-state index in [-0.39, 0.29) is 17.6 Å². The van der Waals surface area contributed by atoms with Crippen LogP contribution in [0.4, 0.5) is 16.5 Å². The molecule has 1 aromatic heterocycles. The zero-order chi connectivity index (χ0) is 20.8. The molecular weight excluding hydrogens is 386 g/mol. The summed E-state index contributed by atoms with van der Waals surface area (Å²) in [6.07, 6.45) is 2.91. The Morgan fingerprint density at radius 3 is 2.38 bits per heavy atom. The van der Waals surface area contributed by atoms with Crippen LogP contribution in [0.25, 0.3) is 6.08 Å². The van der Waals surface area contributed by atoms with Crippen LogP contribution in [0.1, 0.15) is 29.9 Å². The molecule has 1 heterocycles. The Morgan fingerprint density at radius 2 is 1.69 bits per heavy atom. The summed E-state index contributed by atoms with van der Waals surface area (Å²) < 4.78 is 0. The average Bonchev–Trinajstić information content (AvgIpc) is 3.16. The van der Waals surface area contributed by atoms with Crippen LogP contribution >= 0.6 is 11.3 Å². The van der Waals surface area contributed by atoms with Gasteiger partial charge in [-0.15, -0.1) is 11.3 Å². The number of benzene rings is 2. The van der Waals surface area contributed by atoms with E-state index in [9.17, 15) is 14.4 Å². The van der Waals surface area contributed by atoms with Gasteiger partial charge in [-0.3, -0.25) is 19.3 Å². The van der Waals surface area contributed by atoms with Gasteiger partial charge in [0.2, 0.25) is 11.8 Å². The Kier molecular flexibility index (Phi) is 6.31. The van der Waals surface area contributed by atoms with Gasteiger partial charge in [0.15, 0.2) is 10.9 Å². The number of thiazole rings is 1. The number of carbonyl (C=O) groups excluding carboxylic acids is 3. The monoisotopic (exact) mass is 405 g/mol. The molecule has 2 amide bonds. The summed E-state index contributed by atoms with van der Waals surface area (Å²) in [7, 11) is 0. The second-order valence-corrected chi connectivity index (χ2v) is 7.01. The fraction of sp³-hybridized carbons (Fsp3) is 0.0909. The van der Waals surface area contributed by atoms with E-state index in [1.807, 2.05) is 30.3 Å². The molecule has 3 rings (SSSR count). The predicted octanol–water partition coefficient (Wildman–Crippen LogP) is 4.68. The minimum absolute atomic E-state index is 0.126. The average molecular weight is 405 g/mol. The van der Waals surface area contributed by atoms with Crippen LogP contribution in [0.2, 0.25) is 0 Å². The molecule has 1 N–H and O–H groups in total. The summed E-state index contributed by atoms with van der Waals surface area (Å²) in [6, 6.07) is 16.1. The minimum atomic E-state index is -0.375. The van der Waals surface area contributed by atoms with Crippen molar-refractivity contribution in [2.75, 3.05) is 10.2 Å². The minimum Gasteiger partial charge on any atom is -0.322 e. The lowest BCUT2D eigenvalue weighted by molar-refractivity contribution is -0.116. The van der Waals surface area contributed by atoms with E-state index in [1.54, 1.807) is 35.7 Å². The third-order valence-electron chi connectivity index (χ3n) is 4.00. The zero-order valence-corrected chi connectivity index (χ0v) is 16.8. The third kappa shape index (κ3) is 5.03. The molecule has 0 aliphatic heterocycles. The number of nitrogens with zero attached hydrogens (tertiary/aromatic N) is 2. The van der Waals surface area contributed by atoms with Crippen molar-refractivity contribution in [3.63, 3.8) is 0 Å². The lowest BCUT2D eigenvalue weighted by atomic mass is 10.1. The molecule has 3 aromatic rings. The van der Waals surface area contributed by atoms with Crippen molar-refractivity contribution in [3.05, 3.63) is 77.3 Å². The van der Waals surface area contributed by atoms with Gasteiger partial charge in [-0.05, 0) is 37.3 Å². The molecule has 2 aromatic carbocycles. The number of carbonyl (C=O) groups is 3. The van der Waals surface area contributed by atoms with Crippen molar-refractivity contribution in [2.24, 2.45) is 0 Å². The second-order valence-electron chi connectivity index (χ2n) is 6.17. The first kappa shape index (κ1) is 20.2. The quantitative estimate of drug-likeness (QED) is 0.477. The molecule has 0 radical (unpaired) electrons. The first-order chi connectivity index (χ1) is 14.0. The number of hydrogen-bond donors (Lipinski definition) is 1. The number of nitrogens with one attached hydrogen (secondary N) is 1. The van der Waals surface area contributed by atoms with Crippen molar-refractivity contribution < 1.29 is 14.4 Å². The summed E-state index contributed by atoms with van der Waals surface area (Å²) in [5.41, 5.74) is 2.19. The van der Waals surface area contributed by atoms with E-state index in [0.717, 1.165) is 5.69 Å². The van der Waals surface area contributed by atoms with Crippen LogP contribution in [0, 0.1) is 0 Å². The molecule has 0 aliphatic rings. The maximum Gasteiger partial charge on any atom is 0.248 e. The molecule has 0 spiro atoms. The van der Waals surface area contributed by atoms with Crippen LogP contribution in [-0.4, -0.2) is 22.6 Å². The van der Waals surface area contributed by atoms with Crippen molar-refractivity contribution >= 4 is 51.5 Å². The number of para-hydroxylation sites is 2. The number of hydrogen-bond acceptors (Lipinski definition) is 5. The van der Waals surface area contributed by atoms with Gasteiger partial charge in [0.25, 0.3) is 0 Å². The van der Waals surface area contributed by atoms with Crippen LogP contribution in [0.3, 0.4) is 0 Å². The van der Waals surface area contributed by atoms with Gasteiger partial charge in [0.05, 0.1) is 17.1 Å². The summed E-state index contributed by atoms with van der Waals surface area (Å²) >= 11 is 1.31. The van der Waals surface area contributed by atoms with Crippen molar-refractivity contribution in [1.82, 2.24) is 4.98 Å². The van der Waals surface area contributed by atoms with E-state index in [1.165, 1.54) is 36.2 Å². The van der Waals surface area contributed by atoms with Gasteiger partial charge in [0.1, 0.15) is 0 Å². The van der Waals surface area contributed by atoms with Crippen LogP contribution < -0.4 is 10.2 Å². The van der Waals surface area contributed by atoms with Gasteiger partial charge < -0.3 is 5.32 Å². The summed E-state index contributed by atoms with van der Waals surface area (Å²) in [6.45, 7) is 2.93. The standard InChI is InChI=1S/C22H19N3O3S/c1-15(26)19-10-6-7-11-20(19)24-21(28)13-12-17-14-29-22(23-17)25(16(2)27)18-8-4-3-5-9-18/h3-14H,1-2H3,(H,24,28)/b13-12+. The molecule has 0 aliphatic carbocycles. The Bertz CT molecular complexity index is 1070. The predicted molar refractivity (Wildman–Crippen MR) is 115 cm³/mol. The molecule has 146 valence electrons. The Labute approximate surface area is 172 Å². The summed E-state index contributed by atoms with van der Waals surface area (Å²) in [5.74, 6) is -0.654. The Hall–Kier alpha value is -3.58. The van der Waals surface area contributed by atoms with E-state index in [0.29, 0.717) is 22.1 Å². The van der Waals surface area contributed by atoms with Crippen molar-refractivity contribution in [1.29, 1.82) is 0 Å². The highest BCUT2D eigenvalue weighted by molar-refractivity contribution is 7.14. The maximum atomic E-state index is 12.2. The largest absolute Gasteiger partial charge is 0.322 e.